The van der Waals surface area contributed by atoms with Crippen LogP contribution in [0.25, 0.3) is 0 Å². The summed E-state index contributed by atoms with van der Waals surface area (Å²) in [5, 5.41) is 10.6. The smallest absolute Gasteiger partial charge is 0.184 e. The summed E-state index contributed by atoms with van der Waals surface area (Å²) in [4.78, 5) is 0. The molecule has 0 aromatic heterocycles. The van der Waals surface area contributed by atoms with Crippen LogP contribution in [0.2, 0.25) is 0 Å². The van der Waals surface area contributed by atoms with Crippen molar-refractivity contribution in [2.24, 2.45) is 5.92 Å². The van der Waals surface area contributed by atoms with Crippen LogP contribution >= 0.6 is 11.8 Å². The Morgan fingerprint density at radius 1 is 1.24 bits per heavy atom. The van der Waals surface area contributed by atoms with Gasteiger partial charge in [-0.15, -0.1) is 11.8 Å². The molecule has 0 aliphatic carbocycles. The van der Waals surface area contributed by atoms with Crippen LogP contribution in [0, 0.1) is 5.92 Å². The van der Waals surface area contributed by atoms with Crippen LogP contribution in [-0.4, -0.2) is 41.2 Å². The van der Waals surface area contributed by atoms with Crippen molar-refractivity contribution in [3.05, 3.63) is 35.9 Å². The Balaban J connectivity index is 1.71. The topological polar surface area (TPSA) is 47.9 Å². The second kappa shape index (κ2) is 6.67. The Bertz CT molecular complexity index is 453. The molecule has 1 N–H and O–H groups in total. The highest BCUT2D eigenvalue weighted by molar-refractivity contribution is 7.99. The molecule has 2 fully saturated rings. The molecule has 2 saturated heterocycles. The summed E-state index contributed by atoms with van der Waals surface area (Å²) in [5.41, 5.74) is 0.979. The van der Waals surface area contributed by atoms with Crippen molar-refractivity contribution in [2.45, 2.75) is 43.9 Å². The fourth-order valence-electron chi connectivity index (χ4n) is 2.86. The van der Waals surface area contributed by atoms with Crippen LogP contribution in [0.15, 0.2) is 30.3 Å². The second-order valence-corrected chi connectivity index (χ2v) is 6.90. The Morgan fingerprint density at radius 3 is 2.71 bits per heavy atom. The normalized spacial score (nSPS) is 39.8. The van der Waals surface area contributed by atoms with Crippen molar-refractivity contribution in [1.82, 2.24) is 0 Å². The van der Waals surface area contributed by atoms with Gasteiger partial charge >= 0.3 is 0 Å². The quantitative estimate of drug-likeness (QED) is 0.930. The number of hydrogen-bond donors (Lipinski definition) is 1. The molecule has 6 atom stereocenters. The predicted molar refractivity (Wildman–Crippen MR) is 82.0 cm³/mol. The molecule has 2 heterocycles. The maximum absolute atomic E-state index is 10.6. The van der Waals surface area contributed by atoms with Gasteiger partial charge in [0.15, 0.2) is 6.29 Å². The molecule has 0 radical (unpaired) electrons. The first-order chi connectivity index (χ1) is 10.2. The molecule has 2 aliphatic rings. The van der Waals surface area contributed by atoms with Gasteiger partial charge in [0.25, 0.3) is 0 Å². The van der Waals surface area contributed by atoms with E-state index in [4.69, 9.17) is 14.2 Å². The lowest BCUT2D eigenvalue weighted by Gasteiger charge is -2.47. The van der Waals surface area contributed by atoms with E-state index < -0.39 is 12.4 Å². The van der Waals surface area contributed by atoms with Crippen molar-refractivity contribution >= 4 is 11.8 Å². The van der Waals surface area contributed by atoms with Crippen molar-refractivity contribution in [1.29, 1.82) is 0 Å². The molecule has 21 heavy (non-hydrogen) atoms. The molecule has 3 unspecified atom stereocenters. The summed E-state index contributed by atoms with van der Waals surface area (Å²) in [6, 6.07) is 9.82. The fraction of sp³-hybridized carbons (Fsp3) is 0.625. The summed E-state index contributed by atoms with van der Waals surface area (Å²) in [6.45, 7) is 4.57. The molecule has 4 nitrogen and oxygen atoms in total. The van der Waals surface area contributed by atoms with E-state index in [2.05, 4.69) is 6.92 Å². The number of aliphatic hydroxyl groups excluding tert-OH is 1. The van der Waals surface area contributed by atoms with Crippen LogP contribution in [0.1, 0.15) is 25.7 Å². The number of thioether (sulfide) groups is 1. The number of hydrogen-bond acceptors (Lipinski definition) is 5. The van der Waals surface area contributed by atoms with E-state index in [1.165, 1.54) is 0 Å². The van der Waals surface area contributed by atoms with Crippen LogP contribution in [0.4, 0.5) is 0 Å². The van der Waals surface area contributed by atoms with Crippen LogP contribution in [-0.2, 0) is 14.2 Å². The molecule has 5 heteroatoms. The minimum absolute atomic E-state index is 0.00623. The van der Waals surface area contributed by atoms with Crippen molar-refractivity contribution in [3.63, 3.8) is 0 Å². The molecule has 0 spiro atoms. The number of aliphatic hydroxyl groups is 1. The Labute approximate surface area is 129 Å². The van der Waals surface area contributed by atoms with Crippen LogP contribution < -0.4 is 0 Å². The Hall–Kier alpha value is -0.590. The molecular formula is C16H22O4S. The fourth-order valence-corrected chi connectivity index (χ4v) is 3.87. The van der Waals surface area contributed by atoms with Gasteiger partial charge in [0.1, 0.15) is 17.6 Å². The third-order valence-electron chi connectivity index (χ3n) is 4.08. The third kappa shape index (κ3) is 3.12. The number of benzene rings is 1. The molecule has 0 saturated carbocycles. The number of rotatable bonds is 3. The van der Waals surface area contributed by atoms with E-state index in [1.54, 1.807) is 11.8 Å². The van der Waals surface area contributed by atoms with Gasteiger partial charge in [0.05, 0.1) is 12.7 Å². The van der Waals surface area contributed by atoms with E-state index in [0.717, 1.165) is 11.3 Å². The molecule has 116 valence electrons. The lowest BCUT2D eigenvalue weighted by Crippen LogP contribution is -2.57. The SMILES string of the molecule is CCSC1OC2COC(c3ccccc3)O[C@H]2[C@H](O)[C@@H]1C. The highest BCUT2D eigenvalue weighted by atomic mass is 32.2. The van der Waals surface area contributed by atoms with Gasteiger partial charge in [-0.1, -0.05) is 44.2 Å². The summed E-state index contributed by atoms with van der Waals surface area (Å²) in [6.07, 6.45) is -1.47. The van der Waals surface area contributed by atoms with Gasteiger partial charge in [-0.2, -0.15) is 0 Å². The Morgan fingerprint density at radius 2 is 2.00 bits per heavy atom. The zero-order chi connectivity index (χ0) is 14.8. The monoisotopic (exact) mass is 310 g/mol. The zero-order valence-electron chi connectivity index (χ0n) is 12.3. The van der Waals surface area contributed by atoms with E-state index >= 15 is 0 Å². The summed E-state index contributed by atoms with van der Waals surface area (Å²) in [5.74, 6) is 1.01. The average Bonchev–Trinajstić information content (AvgIpc) is 2.53. The van der Waals surface area contributed by atoms with E-state index in [9.17, 15) is 5.11 Å². The summed E-state index contributed by atoms with van der Waals surface area (Å²) < 4.78 is 17.8. The minimum atomic E-state index is -0.525. The molecule has 0 bridgehead atoms. The van der Waals surface area contributed by atoms with Crippen molar-refractivity contribution in [2.75, 3.05) is 12.4 Å². The van der Waals surface area contributed by atoms with Gasteiger partial charge in [0.2, 0.25) is 0 Å². The number of fused-ring (bicyclic) bond motifs is 1. The largest absolute Gasteiger partial charge is 0.390 e. The summed E-state index contributed by atoms with van der Waals surface area (Å²) in [7, 11) is 0. The zero-order valence-corrected chi connectivity index (χ0v) is 13.2. The van der Waals surface area contributed by atoms with Gasteiger partial charge in [-0.05, 0) is 5.75 Å². The average molecular weight is 310 g/mol. The lowest BCUT2D eigenvalue weighted by atomic mass is 9.93. The molecule has 3 rings (SSSR count). The predicted octanol–water partition coefficient (Wildman–Crippen LogP) is 2.58. The third-order valence-corrected chi connectivity index (χ3v) is 5.28. The van der Waals surface area contributed by atoms with Gasteiger partial charge in [-0.25, -0.2) is 0 Å². The van der Waals surface area contributed by atoms with Crippen LogP contribution in [0.3, 0.4) is 0 Å². The van der Waals surface area contributed by atoms with E-state index in [1.807, 2.05) is 37.3 Å². The van der Waals surface area contributed by atoms with Gasteiger partial charge in [0, 0.05) is 11.5 Å². The van der Waals surface area contributed by atoms with Crippen molar-refractivity contribution < 1.29 is 19.3 Å². The van der Waals surface area contributed by atoms with Gasteiger partial charge in [-0.3, -0.25) is 0 Å². The minimum Gasteiger partial charge on any atom is -0.390 e. The summed E-state index contributed by atoms with van der Waals surface area (Å²) >= 11 is 1.72. The molecular weight excluding hydrogens is 288 g/mol. The second-order valence-electron chi connectivity index (χ2n) is 5.52. The van der Waals surface area contributed by atoms with Gasteiger partial charge < -0.3 is 19.3 Å². The highest BCUT2D eigenvalue weighted by Crippen LogP contribution is 2.39. The standard InChI is InChI=1S/C16H22O4S/c1-3-21-16-10(2)13(17)14-12(19-16)9-18-15(20-14)11-7-5-4-6-8-11/h4-8,10,12-17H,3,9H2,1-2H3/t10-,12?,13+,14+,15?,16?/m0/s1. The van der Waals surface area contributed by atoms with E-state index in [0.29, 0.717) is 6.61 Å². The van der Waals surface area contributed by atoms with Crippen molar-refractivity contribution in [3.8, 4) is 0 Å². The first-order valence-corrected chi connectivity index (χ1v) is 8.52. The first kappa shape index (κ1) is 15.3. The van der Waals surface area contributed by atoms with Crippen LogP contribution in [0.5, 0.6) is 0 Å². The molecule has 0 amide bonds. The maximum Gasteiger partial charge on any atom is 0.184 e. The number of ether oxygens (including phenoxy) is 3. The molecule has 2 aliphatic heterocycles. The Kier molecular flexibility index (Phi) is 4.86. The molecule has 1 aromatic carbocycles. The first-order valence-electron chi connectivity index (χ1n) is 7.48. The van der Waals surface area contributed by atoms with E-state index in [-0.39, 0.29) is 23.6 Å². The molecule has 1 aromatic rings. The highest BCUT2D eigenvalue weighted by Gasteiger charge is 2.47. The maximum atomic E-state index is 10.6. The lowest BCUT2D eigenvalue weighted by molar-refractivity contribution is -0.311.